The summed E-state index contributed by atoms with van der Waals surface area (Å²) in [6.45, 7) is 3.45. The molecule has 0 aromatic heterocycles. The fourth-order valence-corrected chi connectivity index (χ4v) is 2.95. The van der Waals surface area contributed by atoms with Gasteiger partial charge in [0.15, 0.2) is 0 Å². The van der Waals surface area contributed by atoms with Crippen LogP contribution in [0.3, 0.4) is 0 Å². The van der Waals surface area contributed by atoms with Crippen LogP contribution in [0.2, 0.25) is 0 Å². The first-order chi connectivity index (χ1) is 11.3. The van der Waals surface area contributed by atoms with E-state index in [0.29, 0.717) is 6.54 Å². The summed E-state index contributed by atoms with van der Waals surface area (Å²) in [6, 6.07) is 20.6. The lowest BCUT2D eigenvalue weighted by Gasteiger charge is -2.17. The second-order valence-electron chi connectivity index (χ2n) is 6.02. The lowest BCUT2D eigenvalue weighted by atomic mass is 10.2. The summed E-state index contributed by atoms with van der Waals surface area (Å²) < 4.78 is 0. The Hall–Kier alpha value is -2.33. The summed E-state index contributed by atoms with van der Waals surface area (Å²) in [6.07, 6.45) is 1.01. The maximum absolute atomic E-state index is 12.0. The van der Waals surface area contributed by atoms with Crippen molar-refractivity contribution in [3.05, 3.63) is 71.8 Å². The second kappa shape index (κ2) is 7.79. The molecule has 0 bridgehead atoms. The standard InChI is InChI=1S/C19H23N3O/c23-19(20-13-16-7-3-1-4-8-16)21-18-11-12-22(15-18)14-17-9-5-2-6-10-17/h1-10,18H,11-15H2,(H2,20,21,23). The molecule has 23 heavy (non-hydrogen) atoms. The molecular formula is C19H23N3O. The number of amides is 2. The number of carbonyl (C=O) groups excluding carboxylic acids is 1. The Morgan fingerprint density at radius 3 is 2.35 bits per heavy atom. The molecule has 0 aliphatic carbocycles. The van der Waals surface area contributed by atoms with Gasteiger partial charge in [-0.25, -0.2) is 4.79 Å². The number of benzene rings is 2. The zero-order valence-corrected chi connectivity index (χ0v) is 13.2. The van der Waals surface area contributed by atoms with Gasteiger partial charge in [0.1, 0.15) is 0 Å². The van der Waals surface area contributed by atoms with Crippen molar-refractivity contribution in [3.8, 4) is 0 Å². The average Bonchev–Trinajstić information content (AvgIpc) is 3.02. The van der Waals surface area contributed by atoms with Gasteiger partial charge in [0, 0.05) is 32.2 Å². The number of rotatable bonds is 5. The van der Waals surface area contributed by atoms with Gasteiger partial charge in [0.2, 0.25) is 0 Å². The van der Waals surface area contributed by atoms with E-state index in [1.54, 1.807) is 0 Å². The molecule has 1 atom stereocenters. The van der Waals surface area contributed by atoms with Crippen molar-refractivity contribution >= 4 is 6.03 Å². The fourth-order valence-electron chi connectivity index (χ4n) is 2.95. The van der Waals surface area contributed by atoms with Crippen molar-refractivity contribution in [1.29, 1.82) is 0 Å². The van der Waals surface area contributed by atoms with Gasteiger partial charge in [-0.3, -0.25) is 4.90 Å². The predicted molar refractivity (Wildman–Crippen MR) is 91.9 cm³/mol. The SMILES string of the molecule is O=C(NCc1ccccc1)NC1CCN(Cc2ccccc2)C1. The van der Waals surface area contributed by atoms with Crippen molar-refractivity contribution in [1.82, 2.24) is 15.5 Å². The van der Waals surface area contributed by atoms with Crippen molar-refractivity contribution in [3.63, 3.8) is 0 Å². The molecule has 2 amide bonds. The lowest BCUT2D eigenvalue weighted by molar-refractivity contribution is 0.235. The van der Waals surface area contributed by atoms with E-state index in [0.717, 1.165) is 31.6 Å². The first-order valence-corrected chi connectivity index (χ1v) is 8.14. The van der Waals surface area contributed by atoms with E-state index in [2.05, 4.69) is 39.8 Å². The Bertz CT molecular complexity index is 615. The van der Waals surface area contributed by atoms with Crippen LogP contribution in [0.25, 0.3) is 0 Å². The maximum Gasteiger partial charge on any atom is 0.315 e. The highest BCUT2D eigenvalue weighted by Gasteiger charge is 2.23. The quantitative estimate of drug-likeness (QED) is 0.892. The van der Waals surface area contributed by atoms with Gasteiger partial charge in [0.25, 0.3) is 0 Å². The van der Waals surface area contributed by atoms with Crippen LogP contribution in [-0.4, -0.2) is 30.1 Å². The van der Waals surface area contributed by atoms with E-state index in [4.69, 9.17) is 0 Å². The van der Waals surface area contributed by atoms with Gasteiger partial charge >= 0.3 is 6.03 Å². The smallest absolute Gasteiger partial charge is 0.315 e. The highest BCUT2D eigenvalue weighted by atomic mass is 16.2. The Kier molecular flexibility index (Phi) is 5.27. The normalized spacial score (nSPS) is 17.8. The molecule has 4 nitrogen and oxygen atoms in total. The number of urea groups is 1. The van der Waals surface area contributed by atoms with Gasteiger partial charge in [0.05, 0.1) is 0 Å². The average molecular weight is 309 g/mol. The first-order valence-electron chi connectivity index (χ1n) is 8.14. The Morgan fingerprint density at radius 1 is 1.00 bits per heavy atom. The summed E-state index contributed by atoms with van der Waals surface area (Å²) in [7, 11) is 0. The van der Waals surface area contributed by atoms with Gasteiger partial charge in [-0.15, -0.1) is 0 Å². The first kappa shape index (κ1) is 15.6. The highest BCUT2D eigenvalue weighted by Crippen LogP contribution is 2.13. The van der Waals surface area contributed by atoms with E-state index in [1.165, 1.54) is 5.56 Å². The minimum atomic E-state index is -0.0829. The molecule has 1 aliphatic heterocycles. The van der Waals surface area contributed by atoms with Gasteiger partial charge in [-0.05, 0) is 17.5 Å². The van der Waals surface area contributed by atoms with E-state index in [1.807, 2.05) is 36.4 Å². The minimum Gasteiger partial charge on any atom is -0.334 e. The second-order valence-corrected chi connectivity index (χ2v) is 6.02. The van der Waals surface area contributed by atoms with Crippen LogP contribution < -0.4 is 10.6 Å². The Labute approximate surface area is 137 Å². The Balaban J connectivity index is 1.40. The molecule has 1 fully saturated rings. The zero-order valence-electron chi connectivity index (χ0n) is 13.2. The van der Waals surface area contributed by atoms with Crippen LogP contribution in [0.1, 0.15) is 17.5 Å². The van der Waals surface area contributed by atoms with Crippen molar-refractivity contribution < 1.29 is 4.79 Å². The summed E-state index contributed by atoms with van der Waals surface area (Å²) in [5.74, 6) is 0. The summed E-state index contributed by atoms with van der Waals surface area (Å²) in [5, 5.41) is 5.99. The monoisotopic (exact) mass is 309 g/mol. The number of nitrogens with zero attached hydrogens (tertiary/aromatic N) is 1. The van der Waals surface area contributed by atoms with Gasteiger partial charge in [-0.1, -0.05) is 60.7 Å². The number of carbonyl (C=O) groups is 1. The molecule has 2 aromatic rings. The summed E-state index contributed by atoms with van der Waals surface area (Å²) >= 11 is 0. The molecule has 4 heteroatoms. The third-order valence-electron chi connectivity index (χ3n) is 4.15. The summed E-state index contributed by atoms with van der Waals surface area (Å²) in [4.78, 5) is 14.4. The van der Waals surface area contributed by atoms with Crippen LogP contribution in [0, 0.1) is 0 Å². The number of nitrogens with one attached hydrogen (secondary N) is 2. The molecule has 3 rings (SSSR count). The molecular weight excluding hydrogens is 286 g/mol. The van der Waals surface area contributed by atoms with Gasteiger partial charge < -0.3 is 10.6 Å². The number of hydrogen-bond acceptors (Lipinski definition) is 2. The number of likely N-dealkylation sites (tertiary alicyclic amines) is 1. The zero-order chi connectivity index (χ0) is 15.9. The van der Waals surface area contributed by atoms with Crippen LogP contribution >= 0.6 is 0 Å². The van der Waals surface area contributed by atoms with Crippen molar-refractivity contribution in [2.45, 2.75) is 25.6 Å². The predicted octanol–water partition coefficient (Wildman–Crippen LogP) is 2.76. The Morgan fingerprint density at radius 2 is 1.65 bits per heavy atom. The van der Waals surface area contributed by atoms with E-state index in [9.17, 15) is 4.79 Å². The fraction of sp³-hybridized carbons (Fsp3) is 0.316. The highest BCUT2D eigenvalue weighted by molar-refractivity contribution is 5.74. The molecule has 1 saturated heterocycles. The van der Waals surface area contributed by atoms with Crippen LogP contribution in [0.4, 0.5) is 4.79 Å². The van der Waals surface area contributed by atoms with Crippen molar-refractivity contribution in [2.75, 3.05) is 13.1 Å². The number of hydrogen-bond donors (Lipinski definition) is 2. The van der Waals surface area contributed by atoms with E-state index >= 15 is 0 Å². The van der Waals surface area contributed by atoms with Crippen LogP contribution in [0.15, 0.2) is 60.7 Å². The topological polar surface area (TPSA) is 44.4 Å². The minimum absolute atomic E-state index is 0.0829. The molecule has 0 saturated carbocycles. The van der Waals surface area contributed by atoms with Crippen LogP contribution in [-0.2, 0) is 13.1 Å². The van der Waals surface area contributed by atoms with Crippen LogP contribution in [0.5, 0.6) is 0 Å². The molecule has 120 valence electrons. The lowest BCUT2D eigenvalue weighted by Crippen LogP contribution is -2.43. The molecule has 0 radical (unpaired) electrons. The summed E-state index contributed by atoms with van der Waals surface area (Å²) in [5.41, 5.74) is 2.43. The van der Waals surface area contributed by atoms with E-state index < -0.39 is 0 Å². The molecule has 2 N–H and O–H groups in total. The molecule has 1 unspecified atom stereocenters. The third kappa shape index (κ3) is 4.83. The molecule has 1 aliphatic rings. The van der Waals surface area contributed by atoms with Crippen molar-refractivity contribution in [2.24, 2.45) is 0 Å². The maximum atomic E-state index is 12.0. The largest absolute Gasteiger partial charge is 0.334 e. The van der Waals surface area contributed by atoms with Gasteiger partial charge in [-0.2, -0.15) is 0 Å². The molecule has 0 spiro atoms. The third-order valence-corrected chi connectivity index (χ3v) is 4.15. The van der Waals surface area contributed by atoms with E-state index in [-0.39, 0.29) is 12.1 Å². The molecule has 1 heterocycles. The molecule has 2 aromatic carbocycles.